The first-order valence-corrected chi connectivity index (χ1v) is 6.19. The van der Waals surface area contributed by atoms with Crippen LogP contribution in [0.5, 0.6) is 5.75 Å². The van der Waals surface area contributed by atoms with Gasteiger partial charge in [-0.1, -0.05) is 12.1 Å². The quantitative estimate of drug-likeness (QED) is 0.849. The Kier molecular flexibility index (Phi) is 4.58. The van der Waals surface area contributed by atoms with Gasteiger partial charge in [-0.25, -0.2) is 0 Å². The maximum Gasteiger partial charge on any atom is 0.145 e. The minimum absolute atomic E-state index is 0.00272. The van der Waals surface area contributed by atoms with Crippen LogP contribution in [0.15, 0.2) is 48.4 Å². The van der Waals surface area contributed by atoms with E-state index in [0.29, 0.717) is 18.0 Å². The van der Waals surface area contributed by atoms with E-state index < -0.39 is 0 Å². The molecule has 0 bridgehead atoms. The van der Waals surface area contributed by atoms with Crippen molar-refractivity contribution in [2.75, 3.05) is 5.32 Å². The van der Waals surface area contributed by atoms with Crippen LogP contribution in [0.25, 0.3) is 0 Å². The van der Waals surface area contributed by atoms with Crippen LogP contribution in [0.2, 0.25) is 0 Å². The van der Waals surface area contributed by atoms with Crippen LogP contribution in [-0.2, 0) is 13.7 Å². The lowest BCUT2D eigenvalue weighted by Crippen LogP contribution is -1.98. The molecule has 1 N–H and O–H groups in total. The van der Waals surface area contributed by atoms with Crippen LogP contribution < -0.4 is 10.1 Å². The predicted octanol–water partition coefficient (Wildman–Crippen LogP) is 2.34. The minimum Gasteiger partial charge on any atom is -0.487 e. The molecule has 1 aromatic heterocycles. The highest BCUT2D eigenvalue weighted by Crippen LogP contribution is 2.24. The van der Waals surface area contributed by atoms with Crippen LogP contribution in [0.1, 0.15) is 5.56 Å². The zero-order valence-electron chi connectivity index (χ0n) is 11.4. The molecule has 21 heavy (non-hydrogen) atoms. The summed E-state index contributed by atoms with van der Waals surface area (Å²) in [4.78, 5) is 0. The first-order chi connectivity index (χ1) is 10.2. The summed E-state index contributed by atoms with van der Waals surface area (Å²) in [6, 6.07) is 10.9. The van der Waals surface area contributed by atoms with Crippen molar-refractivity contribution in [2.24, 2.45) is 7.05 Å². The monoisotopic (exact) mass is 279 g/mol. The van der Waals surface area contributed by atoms with Gasteiger partial charge >= 0.3 is 0 Å². The van der Waals surface area contributed by atoms with E-state index in [4.69, 9.17) is 15.3 Å². The normalized spacial score (nSPS) is 9.29. The molecule has 0 aliphatic carbocycles. The Morgan fingerprint density at radius 2 is 2.14 bits per heavy atom. The summed E-state index contributed by atoms with van der Waals surface area (Å²) in [7, 11) is 1.84. The highest BCUT2D eigenvalue weighted by atomic mass is 16.5. The molecule has 104 valence electrons. The summed E-state index contributed by atoms with van der Waals surface area (Å²) in [5.41, 5.74) is 1.64. The van der Waals surface area contributed by atoms with Crippen molar-refractivity contribution in [2.45, 2.75) is 6.61 Å². The summed E-state index contributed by atoms with van der Waals surface area (Å²) in [6.07, 6.45) is 4.96. The fourth-order valence-corrected chi connectivity index (χ4v) is 1.66. The van der Waals surface area contributed by atoms with Gasteiger partial charge in [-0.15, -0.1) is 0 Å². The number of para-hydroxylation sites is 2. The lowest BCUT2D eigenvalue weighted by molar-refractivity contribution is 0.307. The molecule has 6 nitrogen and oxygen atoms in total. The van der Waals surface area contributed by atoms with Gasteiger partial charge in [-0.3, -0.25) is 4.68 Å². The van der Waals surface area contributed by atoms with E-state index in [1.54, 1.807) is 29.1 Å². The van der Waals surface area contributed by atoms with Gasteiger partial charge in [0, 0.05) is 25.0 Å². The van der Waals surface area contributed by atoms with Crippen molar-refractivity contribution in [3.63, 3.8) is 0 Å². The maximum atomic E-state index is 8.71. The molecule has 2 aromatic rings. The summed E-state index contributed by atoms with van der Waals surface area (Å²) in [5.74, 6) is 0.632. The molecule has 1 heterocycles. The second-order valence-corrected chi connectivity index (χ2v) is 4.23. The van der Waals surface area contributed by atoms with Gasteiger partial charge in [0.25, 0.3) is 0 Å². The number of nitrogens with one attached hydrogen (secondary N) is 1. The second kappa shape index (κ2) is 6.78. The SMILES string of the molecule is Cn1cc(COc2ccccc2NC=C(C#N)C#N)cn1. The third kappa shape index (κ3) is 3.85. The largest absolute Gasteiger partial charge is 0.487 e. The standard InChI is InChI=1S/C15H13N5O/c1-20-10-13(9-19-20)11-21-15-5-3-2-4-14(15)18-8-12(6-16)7-17/h2-5,8-10,18H,11H2,1H3. The summed E-state index contributed by atoms with van der Waals surface area (Å²) in [5, 5.41) is 24.4. The van der Waals surface area contributed by atoms with Gasteiger partial charge in [-0.05, 0) is 12.1 Å². The van der Waals surface area contributed by atoms with Crippen LogP contribution >= 0.6 is 0 Å². The van der Waals surface area contributed by atoms with Crippen molar-refractivity contribution >= 4 is 5.69 Å². The van der Waals surface area contributed by atoms with E-state index in [1.165, 1.54) is 6.20 Å². The Bertz CT molecular complexity index is 717. The van der Waals surface area contributed by atoms with E-state index in [2.05, 4.69) is 10.4 Å². The van der Waals surface area contributed by atoms with E-state index >= 15 is 0 Å². The molecule has 2 rings (SSSR count). The number of allylic oxidation sites excluding steroid dienone is 1. The number of ether oxygens (including phenoxy) is 1. The van der Waals surface area contributed by atoms with E-state index in [9.17, 15) is 0 Å². The topological polar surface area (TPSA) is 86.7 Å². The Morgan fingerprint density at radius 1 is 1.38 bits per heavy atom. The maximum absolute atomic E-state index is 8.71. The van der Waals surface area contributed by atoms with Crippen LogP contribution in [0, 0.1) is 22.7 Å². The van der Waals surface area contributed by atoms with Crippen molar-refractivity contribution in [1.29, 1.82) is 10.5 Å². The smallest absolute Gasteiger partial charge is 0.145 e. The van der Waals surface area contributed by atoms with Crippen molar-refractivity contribution in [3.8, 4) is 17.9 Å². The molecule has 0 saturated heterocycles. The zero-order chi connectivity index (χ0) is 15.1. The molecular weight excluding hydrogens is 266 g/mol. The highest BCUT2D eigenvalue weighted by Gasteiger charge is 2.03. The number of hydrogen-bond acceptors (Lipinski definition) is 5. The molecule has 0 amide bonds. The molecule has 0 aliphatic rings. The number of nitriles is 2. The van der Waals surface area contributed by atoms with Crippen molar-refractivity contribution in [1.82, 2.24) is 9.78 Å². The number of nitrogens with zero attached hydrogens (tertiary/aromatic N) is 4. The molecular formula is C15H13N5O. The Labute approximate surface area is 122 Å². The molecule has 0 radical (unpaired) electrons. The average molecular weight is 279 g/mol. The van der Waals surface area contributed by atoms with Crippen molar-refractivity contribution in [3.05, 3.63) is 54.0 Å². The van der Waals surface area contributed by atoms with Gasteiger partial charge in [0.05, 0.1) is 11.9 Å². The molecule has 0 saturated carbocycles. The lowest BCUT2D eigenvalue weighted by atomic mass is 10.3. The fourth-order valence-electron chi connectivity index (χ4n) is 1.66. The van der Waals surface area contributed by atoms with Crippen LogP contribution in [0.3, 0.4) is 0 Å². The van der Waals surface area contributed by atoms with E-state index in [0.717, 1.165) is 5.56 Å². The lowest BCUT2D eigenvalue weighted by Gasteiger charge is -2.10. The number of benzene rings is 1. The van der Waals surface area contributed by atoms with Crippen LogP contribution in [0.4, 0.5) is 5.69 Å². The van der Waals surface area contributed by atoms with Gasteiger partial charge in [-0.2, -0.15) is 15.6 Å². The zero-order valence-corrected chi connectivity index (χ0v) is 11.4. The van der Waals surface area contributed by atoms with Gasteiger partial charge < -0.3 is 10.1 Å². The molecule has 0 fully saturated rings. The van der Waals surface area contributed by atoms with Crippen LogP contribution in [-0.4, -0.2) is 9.78 Å². The number of aromatic nitrogens is 2. The number of hydrogen-bond donors (Lipinski definition) is 1. The first-order valence-electron chi connectivity index (χ1n) is 6.19. The van der Waals surface area contributed by atoms with Gasteiger partial charge in [0.2, 0.25) is 0 Å². The predicted molar refractivity (Wildman–Crippen MR) is 76.9 cm³/mol. The average Bonchev–Trinajstić information content (AvgIpc) is 2.93. The third-order valence-corrected chi connectivity index (χ3v) is 2.65. The Morgan fingerprint density at radius 3 is 2.81 bits per heavy atom. The van der Waals surface area contributed by atoms with Gasteiger partial charge in [0.15, 0.2) is 0 Å². The number of rotatable bonds is 5. The molecule has 0 atom stereocenters. The Balaban J connectivity index is 2.08. The third-order valence-electron chi connectivity index (χ3n) is 2.65. The number of anilines is 1. The highest BCUT2D eigenvalue weighted by molar-refractivity contribution is 5.59. The van der Waals surface area contributed by atoms with E-state index in [-0.39, 0.29) is 5.57 Å². The molecule has 1 aromatic carbocycles. The molecule has 0 aliphatic heterocycles. The van der Waals surface area contributed by atoms with Crippen molar-refractivity contribution < 1.29 is 4.74 Å². The molecule has 0 unspecified atom stereocenters. The molecule has 0 spiro atoms. The van der Waals surface area contributed by atoms with Gasteiger partial charge in [0.1, 0.15) is 30.1 Å². The number of aryl methyl sites for hydroxylation is 1. The first kappa shape index (κ1) is 14.2. The fraction of sp³-hybridized carbons (Fsp3) is 0.133. The van der Waals surface area contributed by atoms with E-state index in [1.807, 2.05) is 31.4 Å². The summed E-state index contributed by atoms with van der Waals surface area (Å²) in [6.45, 7) is 0.388. The summed E-state index contributed by atoms with van der Waals surface area (Å²) >= 11 is 0. The second-order valence-electron chi connectivity index (χ2n) is 4.23. The molecule has 6 heteroatoms. The Hall–Kier alpha value is -3.25. The minimum atomic E-state index is -0.00272. The summed E-state index contributed by atoms with van der Waals surface area (Å²) < 4.78 is 7.43.